The topological polar surface area (TPSA) is 59.6 Å². The molecule has 4 rings (SSSR count). The summed E-state index contributed by atoms with van der Waals surface area (Å²) in [6.45, 7) is 3.36. The number of nitrogens with zero attached hydrogens (tertiary/aromatic N) is 2. The van der Waals surface area contributed by atoms with Crippen molar-refractivity contribution in [3.8, 4) is 17.2 Å². The molecule has 1 aromatic heterocycles. The zero-order chi connectivity index (χ0) is 20.9. The molecular formula is C23H26ClN3O3. The van der Waals surface area contributed by atoms with Gasteiger partial charge in [0, 0.05) is 24.0 Å². The van der Waals surface area contributed by atoms with Crippen LogP contribution in [-0.4, -0.2) is 42.4 Å². The maximum atomic E-state index is 5.91. The van der Waals surface area contributed by atoms with Crippen LogP contribution < -0.4 is 14.2 Å². The smallest absolute Gasteiger partial charge is 0.161 e. The monoisotopic (exact) mass is 427 g/mol. The molecule has 158 valence electrons. The van der Waals surface area contributed by atoms with Gasteiger partial charge < -0.3 is 14.2 Å². The molecule has 0 saturated carbocycles. The van der Waals surface area contributed by atoms with E-state index in [0.29, 0.717) is 17.5 Å². The number of benzene rings is 2. The van der Waals surface area contributed by atoms with Crippen molar-refractivity contribution >= 4 is 11.6 Å². The van der Waals surface area contributed by atoms with Crippen molar-refractivity contribution in [2.45, 2.75) is 25.5 Å². The number of hydrogen-bond acceptors (Lipinski definition) is 5. The van der Waals surface area contributed by atoms with E-state index in [1.165, 1.54) is 5.56 Å². The third-order valence-corrected chi connectivity index (χ3v) is 5.66. The van der Waals surface area contributed by atoms with Crippen LogP contribution in [0.15, 0.2) is 48.5 Å². The van der Waals surface area contributed by atoms with Crippen LogP contribution in [0.5, 0.6) is 17.2 Å². The third-order valence-electron chi connectivity index (χ3n) is 5.40. The second kappa shape index (κ2) is 9.41. The lowest BCUT2D eigenvalue weighted by molar-refractivity contribution is 0.301. The first-order chi connectivity index (χ1) is 14.6. The van der Waals surface area contributed by atoms with Gasteiger partial charge in [-0.3, -0.25) is 10.00 Å². The van der Waals surface area contributed by atoms with Gasteiger partial charge in [-0.05, 0) is 61.0 Å². The highest BCUT2D eigenvalue weighted by molar-refractivity contribution is 6.30. The Bertz CT molecular complexity index is 974. The molecule has 1 aliphatic rings. The van der Waals surface area contributed by atoms with Crippen molar-refractivity contribution in [1.82, 2.24) is 15.1 Å². The van der Waals surface area contributed by atoms with Crippen LogP contribution in [0.25, 0.3) is 0 Å². The molecule has 0 amide bonds. The molecule has 0 radical (unpaired) electrons. The minimum absolute atomic E-state index is 0.422. The van der Waals surface area contributed by atoms with Crippen LogP contribution in [0.3, 0.4) is 0 Å². The highest BCUT2D eigenvalue weighted by atomic mass is 35.5. The summed E-state index contributed by atoms with van der Waals surface area (Å²) in [7, 11) is 3.32. The first-order valence-corrected chi connectivity index (χ1v) is 10.4. The number of aromatic nitrogens is 2. The predicted molar refractivity (Wildman–Crippen MR) is 117 cm³/mol. The molecule has 1 aliphatic heterocycles. The normalized spacial score (nSPS) is 16.6. The molecule has 0 bridgehead atoms. The van der Waals surface area contributed by atoms with Crippen molar-refractivity contribution in [1.29, 1.82) is 0 Å². The Morgan fingerprint density at radius 3 is 2.63 bits per heavy atom. The van der Waals surface area contributed by atoms with Gasteiger partial charge in [-0.15, -0.1) is 0 Å². The minimum atomic E-state index is 0.422. The molecule has 0 spiro atoms. The van der Waals surface area contributed by atoms with E-state index in [1.54, 1.807) is 14.2 Å². The Morgan fingerprint density at radius 2 is 1.87 bits per heavy atom. The average Bonchev–Trinajstić information content (AvgIpc) is 3.43. The Hall–Kier alpha value is -2.70. The Morgan fingerprint density at radius 1 is 1.07 bits per heavy atom. The lowest BCUT2D eigenvalue weighted by atomic mass is 10.1. The number of likely N-dealkylation sites (tertiary alicyclic amines) is 1. The summed E-state index contributed by atoms with van der Waals surface area (Å²) in [5, 5.41) is 8.33. The lowest BCUT2D eigenvalue weighted by Crippen LogP contribution is -2.19. The van der Waals surface area contributed by atoms with Gasteiger partial charge in [0.15, 0.2) is 11.5 Å². The van der Waals surface area contributed by atoms with Crippen molar-refractivity contribution in [3.63, 3.8) is 0 Å². The van der Waals surface area contributed by atoms with Gasteiger partial charge in [-0.2, -0.15) is 5.10 Å². The summed E-state index contributed by atoms with van der Waals surface area (Å²) in [4.78, 5) is 2.45. The van der Waals surface area contributed by atoms with Crippen LogP contribution in [0.4, 0.5) is 0 Å². The first-order valence-electron chi connectivity index (χ1n) is 10.0. The molecule has 3 aromatic rings. The second-order valence-corrected chi connectivity index (χ2v) is 7.91. The number of ether oxygens (including phenoxy) is 3. The van der Waals surface area contributed by atoms with Gasteiger partial charge in [0.05, 0.1) is 25.6 Å². The molecule has 30 heavy (non-hydrogen) atoms. The molecule has 6 nitrogen and oxygen atoms in total. The van der Waals surface area contributed by atoms with Crippen LogP contribution in [-0.2, 0) is 13.2 Å². The van der Waals surface area contributed by atoms with E-state index in [2.05, 4.69) is 27.2 Å². The van der Waals surface area contributed by atoms with E-state index >= 15 is 0 Å². The SMILES string of the molecule is COc1ccc(CN2CC[C@@H](c3cc(COc4ccc(Cl)cc4)[nH]n3)C2)cc1OC. The maximum Gasteiger partial charge on any atom is 0.161 e. The number of H-pyrrole nitrogens is 1. The summed E-state index contributed by atoms with van der Waals surface area (Å²) in [6.07, 6.45) is 1.09. The van der Waals surface area contributed by atoms with E-state index in [-0.39, 0.29) is 0 Å². The van der Waals surface area contributed by atoms with Crippen molar-refractivity contribution < 1.29 is 14.2 Å². The van der Waals surface area contributed by atoms with Gasteiger partial charge in [0.25, 0.3) is 0 Å². The number of methoxy groups -OCH3 is 2. The average molecular weight is 428 g/mol. The number of rotatable bonds is 8. The van der Waals surface area contributed by atoms with Crippen molar-refractivity contribution in [2.75, 3.05) is 27.3 Å². The number of aromatic amines is 1. The number of hydrogen-bond donors (Lipinski definition) is 1. The van der Waals surface area contributed by atoms with Crippen LogP contribution in [0, 0.1) is 0 Å². The van der Waals surface area contributed by atoms with Gasteiger partial charge in [0.2, 0.25) is 0 Å². The summed E-state index contributed by atoms with van der Waals surface area (Å²) >= 11 is 5.91. The van der Waals surface area contributed by atoms with Gasteiger partial charge in [0.1, 0.15) is 12.4 Å². The highest BCUT2D eigenvalue weighted by Crippen LogP contribution is 2.31. The Balaban J connectivity index is 1.32. The maximum absolute atomic E-state index is 5.91. The van der Waals surface area contributed by atoms with Crippen LogP contribution >= 0.6 is 11.6 Å². The molecule has 1 atom stereocenters. The molecule has 2 aromatic carbocycles. The van der Waals surface area contributed by atoms with E-state index in [1.807, 2.05) is 36.4 Å². The summed E-state index contributed by atoms with van der Waals surface area (Å²) in [5.74, 6) is 2.73. The van der Waals surface area contributed by atoms with Gasteiger partial charge in [-0.25, -0.2) is 0 Å². The molecule has 1 fully saturated rings. The highest BCUT2D eigenvalue weighted by Gasteiger charge is 2.26. The van der Waals surface area contributed by atoms with E-state index in [9.17, 15) is 0 Å². The van der Waals surface area contributed by atoms with E-state index < -0.39 is 0 Å². The lowest BCUT2D eigenvalue weighted by Gasteiger charge is -2.17. The van der Waals surface area contributed by atoms with Gasteiger partial charge in [-0.1, -0.05) is 17.7 Å². The van der Waals surface area contributed by atoms with Crippen LogP contribution in [0.2, 0.25) is 5.02 Å². The standard InChI is InChI=1S/C23H26ClN3O3/c1-28-22-8-3-16(11-23(22)29-2)13-27-10-9-17(14-27)21-12-19(25-26-21)15-30-20-6-4-18(24)5-7-20/h3-8,11-12,17H,9-10,13-15H2,1-2H3,(H,25,26)/t17-/m1/s1. The van der Waals surface area contributed by atoms with Crippen molar-refractivity contribution in [3.05, 3.63) is 70.5 Å². The first kappa shape index (κ1) is 20.6. The molecule has 1 saturated heterocycles. The molecular weight excluding hydrogens is 402 g/mol. The van der Waals surface area contributed by atoms with Crippen molar-refractivity contribution in [2.24, 2.45) is 0 Å². The van der Waals surface area contributed by atoms with E-state index in [0.717, 1.165) is 54.7 Å². The minimum Gasteiger partial charge on any atom is -0.493 e. The molecule has 2 heterocycles. The summed E-state index contributed by atoms with van der Waals surface area (Å²) < 4.78 is 16.5. The predicted octanol–water partition coefficient (Wildman–Crippen LogP) is 4.65. The summed E-state index contributed by atoms with van der Waals surface area (Å²) in [5.41, 5.74) is 3.28. The Labute approximate surface area is 181 Å². The largest absolute Gasteiger partial charge is 0.493 e. The zero-order valence-corrected chi connectivity index (χ0v) is 18.0. The number of nitrogens with one attached hydrogen (secondary N) is 1. The fourth-order valence-electron chi connectivity index (χ4n) is 3.81. The quantitative estimate of drug-likeness (QED) is 0.567. The fourth-order valence-corrected chi connectivity index (χ4v) is 3.94. The molecule has 0 unspecified atom stereocenters. The fraction of sp³-hybridized carbons (Fsp3) is 0.348. The summed E-state index contributed by atoms with van der Waals surface area (Å²) in [6, 6.07) is 15.6. The van der Waals surface area contributed by atoms with E-state index in [4.69, 9.17) is 25.8 Å². The van der Waals surface area contributed by atoms with Crippen LogP contribution in [0.1, 0.15) is 29.3 Å². The molecule has 1 N–H and O–H groups in total. The molecule has 7 heteroatoms. The van der Waals surface area contributed by atoms with Gasteiger partial charge >= 0.3 is 0 Å². The second-order valence-electron chi connectivity index (χ2n) is 7.47. The molecule has 0 aliphatic carbocycles. The Kier molecular flexibility index (Phi) is 6.45. The number of halogens is 1. The third kappa shape index (κ3) is 4.89. The zero-order valence-electron chi connectivity index (χ0n) is 17.2.